The molecule has 0 radical (unpaired) electrons. The lowest BCUT2D eigenvalue weighted by Gasteiger charge is -2.36. The van der Waals surface area contributed by atoms with Crippen molar-refractivity contribution in [3.05, 3.63) is 51.7 Å². The molecule has 2 heterocycles. The number of carboxylic acid groups (broad SMARTS) is 1. The lowest BCUT2D eigenvalue weighted by Crippen LogP contribution is -2.47. The monoisotopic (exact) mass is 362 g/mol. The van der Waals surface area contributed by atoms with Crippen LogP contribution in [-0.2, 0) is 11.2 Å². The number of halogens is 1. The molecular formula is C18H19FN2O3S. The highest BCUT2D eigenvalue weighted by molar-refractivity contribution is 7.09. The number of benzene rings is 1. The number of thiazole rings is 1. The summed E-state index contributed by atoms with van der Waals surface area (Å²) in [5.74, 6) is -1.89. The van der Waals surface area contributed by atoms with Gasteiger partial charge in [-0.15, -0.1) is 11.3 Å². The topological polar surface area (TPSA) is 70.5 Å². The Morgan fingerprint density at radius 1 is 1.32 bits per heavy atom. The number of nitrogens with zero attached hydrogens (tertiary/aromatic N) is 2. The van der Waals surface area contributed by atoms with Crippen LogP contribution >= 0.6 is 11.3 Å². The van der Waals surface area contributed by atoms with Gasteiger partial charge in [0, 0.05) is 24.4 Å². The van der Waals surface area contributed by atoms with Crippen molar-refractivity contribution >= 4 is 23.2 Å². The van der Waals surface area contributed by atoms with Crippen LogP contribution in [0, 0.1) is 11.7 Å². The molecule has 1 fully saturated rings. The zero-order valence-corrected chi connectivity index (χ0v) is 14.6. The van der Waals surface area contributed by atoms with Gasteiger partial charge in [0.2, 0.25) is 0 Å². The number of amides is 1. The van der Waals surface area contributed by atoms with Gasteiger partial charge in [0.15, 0.2) is 0 Å². The molecule has 0 aliphatic carbocycles. The number of likely N-dealkylation sites (tertiary alicyclic amines) is 1. The van der Waals surface area contributed by atoms with Crippen LogP contribution in [-0.4, -0.2) is 39.5 Å². The van der Waals surface area contributed by atoms with E-state index < -0.39 is 11.9 Å². The van der Waals surface area contributed by atoms with E-state index in [2.05, 4.69) is 4.98 Å². The van der Waals surface area contributed by atoms with Crippen LogP contribution in [0.5, 0.6) is 0 Å². The largest absolute Gasteiger partial charge is 0.481 e. The van der Waals surface area contributed by atoms with Gasteiger partial charge in [-0.2, -0.15) is 0 Å². The Labute approximate surface area is 149 Å². The lowest BCUT2D eigenvalue weighted by molar-refractivity contribution is -0.143. The van der Waals surface area contributed by atoms with Gasteiger partial charge in [0.05, 0.1) is 10.9 Å². The van der Waals surface area contributed by atoms with Gasteiger partial charge in [-0.25, -0.2) is 9.37 Å². The van der Waals surface area contributed by atoms with E-state index in [1.54, 1.807) is 22.4 Å². The fraction of sp³-hybridized carbons (Fsp3) is 0.389. The highest BCUT2D eigenvalue weighted by Crippen LogP contribution is 2.25. The van der Waals surface area contributed by atoms with Crippen LogP contribution in [0.4, 0.5) is 4.39 Å². The number of hydrogen-bond donors (Lipinski definition) is 1. The Morgan fingerprint density at radius 3 is 2.72 bits per heavy atom. The van der Waals surface area contributed by atoms with Gasteiger partial charge in [-0.05, 0) is 37.5 Å². The molecular weight excluding hydrogens is 343 g/mol. The second kappa shape index (κ2) is 7.31. The number of carbonyl (C=O) groups is 2. The van der Waals surface area contributed by atoms with Crippen LogP contribution < -0.4 is 0 Å². The summed E-state index contributed by atoms with van der Waals surface area (Å²) in [4.78, 5) is 29.9. The lowest BCUT2D eigenvalue weighted by atomic mass is 9.93. The Bertz CT molecular complexity index is 775. The first-order chi connectivity index (χ1) is 11.9. The molecule has 2 aromatic rings. The highest BCUT2D eigenvalue weighted by atomic mass is 32.1. The first kappa shape index (κ1) is 17.5. The van der Waals surface area contributed by atoms with Crippen molar-refractivity contribution in [1.82, 2.24) is 9.88 Å². The standard InChI is InChI=1S/C18H19FN2O3S/c1-11-2-5-13(18(23)24)9-21(11)17(22)15-10-25-16(20-15)8-12-3-6-14(19)7-4-12/h3-4,6-7,10-11,13H,2,5,8-9H2,1H3,(H,23,24). The fourth-order valence-electron chi connectivity index (χ4n) is 3.01. The normalized spacial score (nSPS) is 20.5. The highest BCUT2D eigenvalue weighted by Gasteiger charge is 2.33. The van der Waals surface area contributed by atoms with E-state index in [9.17, 15) is 19.1 Å². The van der Waals surface area contributed by atoms with E-state index in [4.69, 9.17) is 0 Å². The van der Waals surface area contributed by atoms with E-state index in [1.807, 2.05) is 6.92 Å². The number of aliphatic carboxylic acids is 1. The quantitative estimate of drug-likeness (QED) is 0.907. The van der Waals surface area contributed by atoms with Crippen molar-refractivity contribution in [3.8, 4) is 0 Å². The molecule has 2 atom stereocenters. The van der Waals surface area contributed by atoms with Crippen molar-refractivity contribution in [3.63, 3.8) is 0 Å². The summed E-state index contributed by atoms with van der Waals surface area (Å²) in [6.45, 7) is 2.15. The minimum Gasteiger partial charge on any atom is -0.481 e. The zero-order valence-electron chi connectivity index (χ0n) is 13.8. The molecule has 5 nitrogen and oxygen atoms in total. The molecule has 1 aliphatic heterocycles. The third-order valence-corrected chi connectivity index (χ3v) is 5.38. The number of piperidine rings is 1. The molecule has 1 N–H and O–H groups in total. The smallest absolute Gasteiger partial charge is 0.308 e. The maximum absolute atomic E-state index is 13.0. The third kappa shape index (κ3) is 4.04. The summed E-state index contributed by atoms with van der Waals surface area (Å²) in [5, 5.41) is 11.7. The van der Waals surface area contributed by atoms with E-state index in [1.165, 1.54) is 23.5 Å². The van der Waals surface area contributed by atoms with Crippen molar-refractivity contribution < 1.29 is 19.1 Å². The number of carbonyl (C=O) groups excluding carboxylic acids is 1. The van der Waals surface area contributed by atoms with E-state index in [0.29, 0.717) is 25.0 Å². The summed E-state index contributed by atoms with van der Waals surface area (Å²) in [6, 6.07) is 6.20. The van der Waals surface area contributed by atoms with Gasteiger partial charge >= 0.3 is 5.97 Å². The predicted molar refractivity (Wildman–Crippen MR) is 92.2 cm³/mol. The summed E-state index contributed by atoms with van der Waals surface area (Å²) in [7, 11) is 0. The van der Waals surface area contributed by atoms with Gasteiger partial charge in [0.1, 0.15) is 11.5 Å². The molecule has 25 heavy (non-hydrogen) atoms. The van der Waals surface area contributed by atoms with Gasteiger partial charge in [-0.1, -0.05) is 12.1 Å². The third-order valence-electron chi connectivity index (χ3n) is 4.53. The first-order valence-electron chi connectivity index (χ1n) is 8.16. The van der Waals surface area contributed by atoms with Crippen LogP contribution in [0.2, 0.25) is 0 Å². The predicted octanol–water partition coefficient (Wildman–Crippen LogP) is 3.20. The molecule has 1 saturated heterocycles. The number of carboxylic acids is 1. The molecule has 1 amide bonds. The molecule has 1 aromatic heterocycles. The van der Waals surface area contributed by atoms with Crippen LogP contribution in [0.3, 0.4) is 0 Å². The van der Waals surface area contributed by atoms with E-state index >= 15 is 0 Å². The van der Waals surface area contributed by atoms with Crippen LogP contribution in [0.25, 0.3) is 0 Å². The Morgan fingerprint density at radius 2 is 2.04 bits per heavy atom. The minimum atomic E-state index is -0.861. The second-order valence-corrected chi connectivity index (χ2v) is 7.29. The average Bonchev–Trinajstić information content (AvgIpc) is 3.05. The van der Waals surface area contributed by atoms with Crippen LogP contribution in [0.1, 0.15) is 40.8 Å². The molecule has 3 rings (SSSR count). The maximum Gasteiger partial charge on any atom is 0.308 e. The fourth-order valence-corrected chi connectivity index (χ4v) is 3.81. The Balaban J connectivity index is 1.71. The number of hydrogen-bond acceptors (Lipinski definition) is 4. The number of rotatable bonds is 4. The van der Waals surface area contributed by atoms with Gasteiger partial charge in [-0.3, -0.25) is 9.59 Å². The van der Waals surface area contributed by atoms with Gasteiger partial charge in [0.25, 0.3) is 5.91 Å². The van der Waals surface area contributed by atoms with E-state index in [0.717, 1.165) is 10.6 Å². The number of aromatic nitrogens is 1. The van der Waals surface area contributed by atoms with Crippen molar-refractivity contribution in [2.45, 2.75) is 32.2 Å². The Kier molecular flexibility index (Phi) is 5.13. The van der Waals surface area contributed by atoms with Crippen molar-refractivity contribution in [2.75, 3.05) is 6.54 Å². The molecule has 1 aliphatic rings. The van der Waals surface area contributed by atoms with Crippen LogP contribution in [0.15, 0.2) is 29.6 Å². The van der Waals surface area contributed by atoms with Crippen molar-refractivity contribution in [2.24, 2.45) is 5.92 Å². The summed E-state index contributed by atoms with van der Waals surface area (Å²) >= 11 is 1.38. The molecule has 0 saturated carbocycles. The molecule has 1 aromatic carbocycles. The molecule has 0 bridgehead atoms. The van der Waals surface area contributed by atoms with Crippen molar-refractivity contribution in [1.29, 1.82) is 0 Å². The SMILES string of the molecule is CC1CCC(C(=O)O)CN1C(=O)c1csc(Cc2ccc(F)cc2)n1. The average molecular weight is 362 g/mol. The minimum absolute atomic E-state index is 0.00495. The Hall–Kier alpha value is -2.28. The van der Waals surface area contributed by atoms with Gasteiger partial charge < -0.3 is 10.0 Å². The molecule has 7 heteroatoms. The zero-order chi connectivity index (χ0) is 18.0. The molecule has 0 spiro atoms. The maximum atomic E-state index is 13.0. The summed E-state index contributed by atoms with van der Waals surface area (Å²) < 4.78 is 13.0. The second-order valence-electron chi connectivity index (χ2n) is 6.35. The molecule has 132 valence electrons. The molecule has 2 unspecified atom stereocenters. The first-order valence-corrected chi connectivity index (χ1v) is 9.04. The summed E-state index contributed by atoms with van der Waals surface area (Å²) in [5.41, 5.74) is 1.27. The summed E-state index contributed by atoms with van der Waals surface area (Å²) in [6.07, 6.45) is 1.80. The van der Waals surface area contributed by atoms with E-state index in [-0.39, 0.29) is 24.3 Å².